The van der Waals surface area contributed by atoms with Crippen LogP contribution < -0.4 is 4.90 Å². The molecular weight excluding hydrogens is 763 g/mol. The van der Waals surface area contributed by atoms with Crippen LogP contribution >= 0.6 is 0 Å². The minimum atomic E-state index is 1.09. The molecule has 0 fully saturated rings. The summed E-state index contributed by atoms with van der Waals surface area (Å²) in [7, 11) is 0. The molecule has 0 saturated carbocycles. The predicted molar refractivity (Wildman–Crippen MR) is 266 cm³/mol. The highest BCUT2D eigenvalue weighted by Gasteiger charge is 2.25. The van der Waals surface area contributed by atoms with Gasteiger partial charge < -0.3 is 13.9 Å². The van der Waals surface area contributed by atoms with Crippen molar-refractivity contribution in [2.75, 3.05) is 4.90 Å². The molecule has 0 radical (unpaired) electrons. The summed E-state index contributed by atoms with van der Waals surface area (Å²) in [4.78, 5) is 2.48. The number of benzene rings is 10. The van der Waals surface area contributed by atoms with E-state index in [1.807, 2.05) is 0 Å². The van der Waals surface area contributed by atoms with Crippen LogP contribution in [0, 0.1) is 0 Å². The molecule has 0 amide bonds. The molecule has 0 aliphatic rings. The van der Waals surface area contributed by atoms with Gasteiger partial charge in [-0.15, -0.1) is 0 Å². The van der Waals surface area contributed by atoms with Gasteiger partial charge in [0, 0.05) is 49.4 Å². The average Bonchev–Trinajstić information content (AvgIpc) is 4.01. The van der Waals surface area contributed by atoms with Crippen LogP contribution in [-0.4, -0.2) is 8.97 Å². The van der Waals surface area contributed by atoms with Gasteiger partial charge in [0.05, 0.1) is 33.3 Å². The fourth-order valence-electron chi connectivity index (χ4n) is 10.2. The Morgan fingerprint density at radius 2 is 0.794 bits per heavy atom. The maximum atomic E-state index is 2.48. The number of rotatable bonds is 7. The highest BCUT2D eigenvalue weighted by molar-refractivity contribution is 6.27. The molecule has 3 heteroatoms. The highest BCUT2D eigenvalue weighted by atomic mass is 15.1. The molecule has 0 aliphatic carbocycles. The Morgan fingerprint density at radius 3 is 1.46 bits per heavy atom. The molecule has 0 atom stereocenters. The monoisotopic (exact) mass is 801 g/mol. The topological polar surface area (TPSA) is 12.6 Å². The molecule has 0 aliphatic heterocycles. The fraction of sp³-hybridized carbons (Fsp3) is 0. The summed E-state index contributed by atoms with van der Waals surface area (Å²) in [6.07, 6.45) is 0. The lowest BCUT2D eigenvalue weighted by Crippen LogP contribution is -2.11. The Labute approximate surface area is 364 Å². The average molecular weight is 802 g/mol. The Kier molecular flexibility index (Phi) is 7.91. The SMILES string of the molecule is c1ccc(-c2cc(-c3ccccc3)cc(N(c3ccc(-c4ccc5c(c4)c4ccccc4n5-c4ccccc4)cc3)c3ccc4c5ccccc5n5c6ccccc6c3c45)c2)cc1. The Bertz CT molecular complexity index is 3770. The van der Waals surface area contributed by atoms with Crippen molar-refractivity contribution in [1.82, 2.24) is 8.97 Å². The van der Waals surface area contributed by atoms with E-state index in [0.29, 0.717) is 0 Å². The minimum absolute atomic E-state index is 1.09. The van der Waals surface area contributed by atoms with Crippen molar-refractivity contribution in [2.45, 2.75) is 0 Å². The third-order valence-corrected chi connectivity index (χ3v) is 13.0. The number of nitrogens with zero attached hydrogens (tertiary/aromatic N) is 3. The number of hydrogen-bond acceptors (Lipinski definition) is 1. The first-order chi connectivity index (χ1) is 31.3. The predicted octanol–water partition coefficient (Wildman–Crippen LogP) is 16.4. The van der Waals surface area contributed by atoms with Crippen LogP contribution in [0.15, 0.2) is 237 Å². The third kappa shape index (κ3) is 5.53. The van der Waals surface area contributed by atoms with Crippen molar-refractivity contribution in [3.63, 3.8) is 0 Å². The maximum absolute atomic E-state index is 2.48. The van der Waals surface area contributed by atoms with Gasteiger partial charge in [-0.3, -0.25) is 0 Å². The molecular formula is C60H39N3. The van der Waals surface area contributed by atoms with Gasteiger partial charge in [0.2, 0.25) is 0 Å². The van der Waals surface area contributed by atoms with E-state index in [-0.39, 0.29) is 0 Å². The van der Waals surface area contributed by atoms with E-state index >= 15 is 0 Å². The van der Waals surface area contributed by atoms with Gasteiger partial charge in [-0.25, -0.2) is 0 Å². The number of fused-ring (bicyclic) bond motifs is 9. The number of hydrogen-bond donors (Lipinski definition) is 0. The lowest BCUT2D eigenvalue weighted by atomic mass is 9.96. The molecule has 0 saturated heterocycles. The normalized spacial score (nSPS) is 11.8. The van der Waals surface area contributed by atoms with E-state index < -0.39 is 0 Å². The van der Waals surface area contributed by atoms with E-state index in [0.717, 1.165) is 22.7 Å². The van der Waals surface area contributed by atoms with Gasteiger partial charge in [-0.05, 0) is 112 Å². The second-order valence-electron chi connectivity index (χ2n) is 16.5. The van der Waals surface area contributed by atoms with Crippen LogP contribution in [0.1, 0.15) is 0 Å². The van der Waals surface area contributed by atoms with Gasteiger partial charge in [-0.2, -0.15) is 0 Å². The molecule has 3 nitrogen and oxygen atoms in total. The molecule has 13 rings (SSSR count). The minimum Gasteiger partial charge on any atom is -0.310 e. The van der Waals surface area contributed by atoms with Gasteiger partial charge in [0.1, 0.15) is 0 Å². The fourth-order valence-corrected chi connectivity index (χ4v) is 10.2. The van der Waals surface area contributed by atoms with Crippen molar-refractivity contribution in [2.24, 2.45) is 0 Å². The third-order valence-electron chi connectivity index (χ3n) is 13.0. The van der Waals surface area contributed by atoms with E-state index in [9.17, 15) is 0 Å². The van der Waals surface area contributed by atoms with Crippen LogP contribution in [0.5, 0.6) is 0 Å². The standard InChI is InChI=1S/C60H39N3/c1-4-16-40(17-5-1)44-36-45(41-18-6-2-7-19-41)38-48(37-44)61(58-35-33-51-49-22-10-14-26-55(49)63-56-27-15-12-24-52(56)59(58)60(51)63)47-31-28-42(29-32-47)43-30-34-57-53(39-43)50-23-11-13-25-54(50)62(57)46-20-8-3-9-21-46/h1-39H. The molecule has 10 aromatic carbocycles. The van der Waals surface area contributed by atoms with E-state index in [2.05, 4.69) is 250 Å². The molecule has 0 N–H and O–H groups in total. The zero-order chi connectivity index (χ0) is 41.4. The number of aromatic nitrogens is 2. The van der Waals surface area contributed by atoms with Crippen LogP contribution in [0.25, 0.3) is 99.0 Å². The Balaban J connectivity index is 1.04. The van der Waals surface area contributed by atoms with Crippen LogP contribution in [-0.2, 0) is 0 Å². The summed E-state index contributed by atoms with van der Waals surface area (Å²) in [6.45, 7) is 0. The summed E-state index contributed by atoms with van der Waals surface area (Å²) < 4.78 is 4.85. The summed E-state index contributed by atoms with van der Waals surface area (Å²) in [5.74, 6) is 0. The van der Waals surface area contributed by atoms with Crippen molar-refractivity contribution < 1.29 is 0 Å². The van der Waals surface area contributed by atoms with E-state index in [4.69, 9.17) is 0 Å². The van der Waals surface area contributed by atoms with Gasteiger partial charge in [0.15, 0.2) is 0 Å². The number of para-hydroxylation sites is 4. The Hall–Kier alpha value is -8.40. The molecule has 0 spiro atoms. The molecule has 3 aromatic heterocycles. The van der Waals surface area contributed by atoms with Crippen LogP contribution in [0.3, 0.4) is 0 Å². The molecule has 0 bridgehead atoms. The maximum Gasteiger partial charge on any atom is 0.0641 e. The second-order valence-corrected chi connectivity index (χ2v) is 16.5. The second kappa shape index (κ2) is 14.1. The lowest BCUT2D eigenvalue weighted by Gasteiger charge is -2.28. The molecule has 0 unspecified atom stereocenters. The molecule has 63 heavy (non-hydrogen) atoms. The summed E-state index contributed by atoms with van der Waals surface area (Å²) >= 11 is 0. The smallest absolute Gasteiger partial charge is 0.0641 e. The van der Waals surface area contributed by atoms with Crippen molar-refractivity contribution in [3.05, 3.63) is 237 Å². The van der Waals surface area contributed by atoms with E-state index in [1.165, 1.54) is 93.3 Å². The van der Waals surface area contributed by atoms with Gasteiger partial charge >= 0.3 is 0 Å². The van der Waals surface area contributed by atoms with Crippen LogP contribution in [0.2, 0.25) is 0 Å². The van der Waals surface area contributed by atoms with Gasteiger partial charge in [-0.1, -0.05) is 158 Å². The van der Waals surface area contributed by atoms with Crippen LogP contribution in [0.4, 0.5) is 17.1 Å². The van der Waals surface area contributed by atoms with Crippen molar-refractivity contribution >= 4 is 77.0 Å². The Morgan fingerprint density at radius 1 is 0.286 bits per heavy atom. The zero-order valence-corrected chi connectivity index (χ0v) is 34.4. The summed E-state index contributed by atoms with van der Waals surface area (Å²) in [5.41, 5.74) is 17.7. The highest BCUT2D eigenvalue weighted by Crippen LogP contribution is 2.48. The molecule has 3 heterocycles. The molecule has 294 valence electrons. The van der Waals surface area contributed by atoms with E-state index in [1.54, 1.807) is 0 Å². The molecule has 13 aromatic rings. The quantitative estimate of drug-likeness (QED) is 0.156. The summed E-state index contributed by atoms with van der Waals surface area (Å²) in [6, 6.07) is 86.5. The van der Waals surface area contributed by atoms with Gasteiger partial charge in [0.25, 0.3) is 0 Å². The van der Waals surface area contributed by atoms with Crippen molar-refractivity contribution in [1.29, 1.82) is 0 Å². The largest absolute Gasteiger partial charge is 0.310 e. The first-order valence-electron chi connectivity index (χ1n) is 21.7. The van der Waals surface area contributed by atoms with Crippen molar-refractivity contribution in [3.8, 4) is 39.1 Å². The lowest BCUT2D eigenvalue weighted by molar-refractivity contribution is 1.18. The zero-order valence-electron chi connectivity index (χ0n) is 34.4. The first-order valence-corrected chi connectivity index (χ1v) is 21.7. The number of anilines is 3. The first kappa shape index (κ1) is 35.4. The summed E-state index contributed by atoms with van der Waals surface area (Å²) in [5, 5.41) is 7.52.